The van der Waals surface area contributed by atoms with Gasteiger partial charge in [-0.05, 0) is 23.6 Å². The van der Waals surface area contributed by atoms with Crippen molar-refractivity contribution in [3.63, 3.8) is 0 Å². The van der Waals surface area contributed by atoms with Crippen LogP contribution in [0, 0.1) is 0 Å². The van der Waals surface area contributed by atoms with Gasteiger partial charge in [-0.2, -0.15) is 0 Å². The number of pyridine rings is 1. The van der Waals surface area contributed by atoms with E-state index in [4.69, 9.17) is 23.2 Å². The van der Waals surface area contributed by atoms with Crippen LogP contribution in [0.25, 0.3) is 33.3 Å². The molecule has 4 aromatic rings. The molecule has 1 N–H and O–H groups in total. The van der Waals surface area contributed by atoms with Crippen LogP contribution in [0.5, 0.6) is 0 Å². The van der Waals surface area contributed by atoms with E-state index >= 15 is 0 Å². The number of imidazole rings is 1. The molecule has 0 radical (unpaired) electrons. The zero-order valence-corrected chi connectivity index (χ0v) is 12.3. The second kappa shape index (κ2) is 4.72. The van der Waals surface area contributed by atoms with Gasteiger partial charge in [0.25, 0.3) is 0 Å². The molecule has 0 unspecified atom stereocenters. The van der Waals surface area contributed by atoms with Gasteiger partial charge in [-0.1, -0.05) is 47.5 Å². The Kier molecular flexibility index (Phi) is 2.84. The van der Waals surface area contributed by atoms with Gasteiger partial charge >= 0.3 is 0 Å². The summed E-state index contributed by atoms with van der Waals surface area (Å²) in [4.78, 5) is 12.3. The standard InChI is InChI=1S/C16H9Cl2N3/c17-11-7-13-14(8-12(11)18)21-16(20-13)15-10-4-2-1-3-9(10)5-6-19-15/h1-8H,(H,20,21). The number of H-pyrrole nitrogens is 1. The summed E-state index contributed by atoms with van der Waals surface area (Å²) in [5, 5.41) is 3.17. The van der Waals surface area contributed by atoms with Gasteiger partial charge in [0, 0.05) is 11.6 Å². The third-order valence-electron chi connectivity index (χ3n) is 3.42. The van der Waals surface area contributed by atoms with Gasteiger partial charge in [0.15, 0.2) is 5.82 Å². The normalized spacial score (nSPS) is 11.3. The van der Waals surface area contributed by atoms with E-state index in [1.807, 2.05) is 24.3 Å². The van der Waals surface area contributed by atoms with Gasteiger partial charge < -0.3 is 4.98 Å². The fourth-order valence-electron chi connectivity index (χ4n) is 2.43. The predicted molar refractivity (Wildman–Crippen MR) is 86.9 cm³/mol. The minimum absolute atomic E-state index is 0.494. The number of benzene rings is 2. The zero-order valence-electron chi connectivity index (χ0n) is 10.8. The Morgan fingerprint density at radius 3 is 2.67 bits per heavy atom. The van der Waals surface area contributed by atoms with Crippen LogP contribution in [0.3, 0.4) is 0 Å². The highest BCUT2D eigenvalue weighted by Crippen LogP contribution is 2.30. The van der Waals surface area contributed by atoms with Gasteiger partial charge in [0.2, 0.25) is 0 Å². The fourth-order valence-corrected chi connectivity index (χ4v) is 2.75. The van der Waals surface area contributed by atoms with E-state index in [0.29, 0.717) is 15.9 Å². The fraction of sp³-hybridized carbons (Fsp3) is 0. The van der Waals surface area contributed by atoms with Crippen LogP contribution in [-0.2, 0) is 0 Å². The average molecular weight is 314 g/mol. The summed E-state index contributed by atoms with van der Waals surface area (Å²) in [6.07, 6.45) is 1.78. The van der Waals surface area contributed by atoms with E-state index in [-0.39, 0.29) is 0 Å². The van der Waals surface area contributed by atoms with Gasteiger partial charge in [-0.3, -0.25) is 4.98 Å². The summed E-state index contributed by atoms with van der Waals surface area (Å²) in [6.45, 7) is 0. The van der Waals surface area contributed by atoms with E-state index in [2.05, 4.69) is 21.0 Å². The van der Waals surface area contributed by atoms with Crippen molar-refractivity contribution in [2.24, 2.45) is 0 Å². The highest BCUT2D eigenvalue weighted by molar-refractivity contribution is 6.42. The molecule has 3 nitrogen and oxygen atoms in total. The first-order chi connectivity index (χ1) is 10.2. The minimum Gasteiger partial charge on any atom is -0.337 e. The topological polar surface area (TPSA) is 41.6 Å². The van der Waals surface area contributed by atoms with Gasteiger partial charge in [-0.15, -0.1) is 0 Å². The molecule has 2 aromatic carbocycles. The quantitative estimate of drug-likeness (QED) is 0.532. The molecule has 0 amide bonds. The van der Waals surface area contributed by atoms with Gasteiger partial charge in [0.1, 0.15) is 5.69 Å². The number of hydrogen-bond acceptors (Lipinski definition) is 2. The van der Waals surface area contributed by atoms with Crippen LogP contribution < -0.4 is 0 Å². The Morgan fingerprint density at radius 2 is 1.76 bits per heavy atom. The summed E-state index contributed by atoms with van der Waals surface area (Å²) >= 11 is 12.1. The molecule has 0 atom stereocenters. The van der Waals surface area contributed by atoms with Crippen LogP contribution in [0.15, 0.2) is 48.7 Å². The summed E-state index contributed by atoms with van der Waals surface area (Å²) < 4.78 is 0. The van der Waals surface area contributed by atoms with Crippen molar-refractivity contribution in [2.45, 2.75) is 0 Å². The van der Waals surface area contributed by atoms with Crippen molar-refractivity contribution in [1.82, 2.24) is 15.0 Å². The number of aromatic nitrogens is 3. The van der Waals surface area contributed by atoms with Crippen LogP contribution in [0.1, 0.15) is 0 Å². The van der Waals surface area contributed by atoms with Crippen molar-refractivity contribution in [3.05, 3.63) is 58.7 Å². The zero-order chi connectivity index (χ0) is 14.4. The second-order valence-electron chi connectivity index (χ2n) is 4.75. The minimum atomic E-state index is 0.494. The van der Waals surface area contributed by atoms with E-state index in [9.17, 15) is 0 Å². The molecule has 5 heteroatoms. The molecule has 0 aliphatic heterocycles. The van der Waals surface area contributed by atoms with Crippen LogP contribution in [0.4, 0.5) is 0 Å². The maximum absolute atomic E-state index is 6.04. The van der Waals surface area contributed by atoms with Crippen LogP contribution in [0.2, 0.25) is 10.0 Å². The molecule has 4 rings (SSSR count). The van der Waals surface area contributed by atoms with Crippen LogP contribution >= 0.6 is 23.2 Å². The number of rotatable bonds is 1. The van der Waals surface area contributed by atoms with E-state index in [1.54, 1.807) is 18.3 Å². The van der Waals surface area contributed by atoms with E-state index in [0.717, 1.165) is 27.5 Å². The lowest BCUT2D eigenvalue weighted by molar-refractivity contribution is 1.26. The first-order valence-corrected chi connectivity index (χ1v) is 7.17. The van der Waals surface area contributed by atoms with Crippen molar-refractivity contribution >= 4 is 45.0 Å². The number of hydrogen-bond donors (Lipinski definition) is 1. The molecule has 102 valence electrons. The second-order valence-corrected chi connectivity index (χ2v) is 5.56. The molecule has 21 heavy (non-hydrogen) atoms. The average Bonchev–Trinajstić information content (AvgIpc) is 2.90. The SMILES string of the molecule is Clc1cc2nc(-c3nccc4ccccc34)[nH]c2cc1Cl. The maximum atomic E-state index is 6.04. The summed E-state index contributed by atoms with van der Waals surface area (Å²) in [7, 11) is 0. The lowest BCUT2D eigenvalue weighted by atomic mass is 10.1. The van der Waals surface area contributed by atoms with Gasteiger partial charge in [0.05, 0.1) is 21.1 Å². The summed E-state index contributed by atoms with van der Waals surface area (Å²) in [6, 6.07) is 13.6. The molecular weight excluding hydrogens is 305 g/mol. The van der Waals surface area contributed by atoms with Crippen molar-refractivity contribution in [1.29, 1.82) is 0 Å². The van der Waals surface area contributed by atoms with Crippen molar-refractivity contribution < 1.29 is 0 Å². The number of halogens is 2. The Balaban J connectivity index is 2.00. The molecule has 0 bridgehead atoms. The third kappa shape index (κ3) is 2.06. The Hall–Kier alpha value is -2.10. The van der Waals surface area contributed by atoms with Gasteiger partial charge in [-0.25, -0.2) is 4.98 Å². The number of nitrogens with one attached hydrogen (secondary N) is 1. The largest absolute Gasteiger partial charge is 0.337 e. The summed E-state index contributed by atoms with van der Waals surface area (Å²) in [5.74, 6) is 0.708. The van der Waals surface area contributed by atoms with E-state index < -0.39 is 0 Å². The lowest BCUT2D eigenvalue weighted by Crippen LogP contribution is -1.87. The first-order valence-electron chi connectivity index (χ1n) is 6.41. The predicted octanol–water partition coefficient (Wildman–Crippen LogP) is 5.08. The first kappa shape index (κ1) is 12.6. The molecule has 0 aliphatic rings. The molecular formula is C16H9Cl2N3. The molecule has 2 heterocycles. The number of aromatic amines is 1. The molecule has 0 saturated carbocycles. The monoisotopic (exact) mass is 313 g/mol. The lowest BCUT2D eigenvalue weighted by Gasteiger charge is -2.01. The maximum Gasteiger partial charge on any atom is 0.157 e. The molecule has 0 saturated heterocycles. The molecule has 0 aliphatic carbocycles. The number of nitrogens with zero attached hydrogens (tertiary/aromatic N) is 2. The summed E-state index contributed by atoms with van der Waals surface area (Å²) in [5.41, 5.74) is 2.43. The highest BCUT2D eigenvalue weighted by Gasteiger charge is 2.11. The molecule has 0 fully saturated rings. The molecule has 0 spiro atoms. The van der Waals surface area contributed by atoms with Crippen LogP contribution in [-0.4, -0.2) is 15.0 Å². The highest BCUT2D eigenvalue weighted by atomic mass is 35.5. The Morgan fingerprint density at radius 1 is 0.952 bits per heavy atom. The number of fused-ring (bicyclic) bond motifs is 2. The van der Waals surface area contributed by atoms with Crippen molar-refractivity contribution in [2.75, 3.05) is 0 Å². The van der Waals surface area contributed by atoms with Crippen molar-refractivity contribution in [3.8, 4) is 11.5 Å². The third-order valence-corrected chi connectivity index (χ3v) is 4.14. The Labute approximate surface area is 130 Å². The smallest absolute Gasteiger partial charge is 0.157 e. The van der Waals surface area contributed by atoms with E-state index in [1.165, 1.54) is 0 Å². The molecule has 2 aromatic heterocycles. The Bertz CT molecular complexity index is 932.